The van der Waals surface area contributed by atoms with Crippen molar-refractivity contribution < 1.29 is 5.11 Å². The van der Waals surface area contributed by atoms with Gasteiger partial charge in [0, 0.05) is 0 Å². The third kappa shape index (κ3) is 1.99. The lowest BCUT2D eigenvalue weighted by Crippen LogP contribution is -1.89. The van der Waals surface area contributed by atoms with Gasteiger partial charge in [0.1, 0.15) is 5.75 Å². The summed E-state index contributed by atoms with van der Waals surface area (Å²) >= 11 is 0. The van der Waals surface area contributed by atoms with Gasteiger partial charge in [-0.1, -0.05) is 30.2 Å². The maximum absolute atomic E-state index is 9.01. The third-order valence-electron chi connectivity index (χ3n) is 2.35. The fourth-order valence-electron chi connectivity index (χ4n) is 1.35. The standard InChI is InChI=1S/C8H7NO.C6H4/c1-2-6-4-3-5-7(10)8(6)9;1-2-5-4-6(5)3-1/h1,3-5,10H,9H2;1-4H. The first-order valence-electron chi connectivity index (χ1n) is 4.87. The van der Waals surface area contributed by atoms with Crippen molar-refractivity contribution in [3.8, 4) is 29.2 Å². The summed E-state index contributed by atoms with van der Waals surface area (Å²) in [6, 6.07) is 13.3. The van der Waals surface area contributed by atoms with Gasteiger partial charge in [-0.3, -0.25) is 0 Å². The Morgan fingerprint density at radius 2 is 1.69 bits per heavy atom. The van der Waals surface area contributed by atoms with Crippen molar-refractivity contribution in [1.29, 1.82) is 0 Å². The van der Waals surface area contributed by atoms with E-state index in [1.807, 2.05) is 0 Å². The van der Waals surface area contributed by atoms with Gasteiger partial charge in [0.25, 0.3) is 0 Å². The number of aromatic hydroxyl groups is 1. The molecule has 0 saturated carbocycles. The summed E-state index contributed by atoms with van der Waals surface area (Å²) in [5, 5.41) is 9.01. The molecular weight excluding hydrogens is 198 g/mol. The number of terminal acetylenes is 1. The molecule has 1 aromatic rings. The zero-order valence-electron chi connectivity index (χ0n) is 8.64. The Morgan fingerprint density at radius 3 is 2.06 bits per heavy atom. The number of para-hydroxylation sites is 1. The summed E-state index contributed by atoms with van der Waals surface area (Å²) in [5.41, 5.74) is 9.05. The Morgan fingerprint density at radius 1 is 1.06 bits per heavy atom. The van der Waals surface area contributed by atoms with E-state index in [0.29, 0.717) is 5.56 Å². The van der Waals surface area contributed by atoms with Crippen LogP contribution < -0.4 is 5.73 Å². The number of rotatable bonds is 0. The average molecular weight is 209 g/mol. The van der Waals surface area contributed by atoms with Crippen molar-refractivity contribution in [2.24, 2.45) is 0 Å². The number of anilines is 1. The molecule has 0 heterocycles. The molecule has 2 aliphatic carbocycles. The number of hydrogen-bond donors (Lipinski definition) is 2. The molecule has 0 fully saturated rings. The number of phenolic OH excluding ortho intramolecular Hbond substituents is 1. The number of nitrogens with two attached hydrogens (primary N) is 1. The van der Waals surface area contributed by atoms with Crippen molar-refractivity contribution in [3.05, 3.63) is 48.0 Å². The fraction of sp³-hybridized carbons (Fsp3) is 0. The van der Waals surface area contributed by atoms with Gasteiger partial charge in [-0.15, -0.1) is 6.42 Å². The second-order valence-corrected chi connectivity index (χ2v) is 3.46. The molecule has 2 heteroatoms. The van der Waals surface area contributed by atoms with Crippen molar-refractivity contribution in [3.63, 3.8) is 0 Å². The monoisotopic (exact) mass is 209 g/mol. The molecule has 3 N–H and O–H groups in total. The predicted molar refractivity (Wildman–Crippen MR) is 65.9 cm³/mol. The minimum absolute atomic E-state index is 0.0375. The Kier molecular flexibility index (Phi) is 2.53. The summed E-state index contributed by atoms with van der Waals surface area (Å²) < 4.78 is 0. The second kappa shape index (κ2) is 4.00. The molecule has 0 aliphatic heterocycles. The van der Waals surface area contributed by atoms with Crippen LogP contribution in [-0.2, 0) is 0 Å². The van der Waals surface area contributed by atoms with E-state index in [9.17, 15) is 0 Å². The van der Waals surface area contributed by atoms with E-state index in [0.717, 1.165) is 0 Å². The molecule has 0 atom stereocenters. The summed E-state index contributed by atoms with van der Waals surface area (Å²) in [6.45, 7) is 0. The summed E-state index contributed by atoms with van der Waals surface area (Å²) in [4.78, 5) is 0. The fourth-order valence-corrected chi connectivity index (χ4v) is 1.35. The first kappa shape index (κ1) is 10.1. The number of nitrogen functional groups attached to an aromatic ring is 1. The van der Waals surface area contributed by atoms with Crippen LogP contribution >= 0.6 is 0 Å². The van der Waals surface area contributed by atoms with E-state index in [4.69, 9.17) is 17.3 Å². The minimum Gasteiger partial charge on any atom is -0.506 e. The molecule has 0 radical (unpaired) electrons. The molecule has 16 heavy (non-hydrogen) atoms. The Bertz CT molecular complexity index is 550. The van der Waals surface area contributed by atoms with Crippen molar-refractivity contribution >= 4 is 5.69 Å². The Labute approximate surface area is 94.4 Å². The minimum atomic E-state index is 0.0375. The predicted octanol–water partition coefficient (Wildman–Crippen LogP) is 2.62. The van der Waals surface area contributed by atoms with Crippen molar-refractivity contribution in [1.82, 2.24) is 0 Å². The molecule has 0 bridgehead atoms. The summed E-state index contributed by atoms with van der Waals surface area (Å²) in [6.07, 6.45) is 5.08. The maximum atomic E-state index is 9.01. The smallest absolute Gasteiger partial charge is 0.139 e. The van der Waals surface area contributed by atoms with Crippen LogP contribution in [0.15, 0.2) is 42.5 Å². The van der Waals surface area contributed by atoms with Gasteiger partial charge in [0.15, 0.2) is 0 Å². The zero-order valence-corrected chi connectivity index (χ0v) is 8.64. The average Bonchev–Trinajstić information content (AvgIpc) is 2.91. The lowest BCUT2D eigenvalue weighted by atomic mass is 10.2. The molecule has 2 nitrogen and oxygen atoms in total. The van der Waals surface area contributed by atoms with Gasteiger partial charge in [0.2, 0.25) is 0 Å². The number of hydrogen-bond acceptors (Lipinski definition) is 2. The number of fused-ring (bicyclic) bond motifs is 1. The molecular formula is C14H11NO. The topological polar surface area (TPSA) is 46.2 Å². The van der Waals surface area contributed by atoms with Crippen LogP contribution in [0.5, 0.6) is 5.75 Å². The highest BCUT2D eigenvalue weighted by molar-refractivity contribution is 5.80. The Hall–Kier alpha value is -2.40. The third-order valence-corrected chi connectivity index (χ3v) is 2.35. The first-order chi connectivity index (χ1) is 7.72. The highest BCUT2D eigenvalue weighted by Crippen LogP contribution is 2.32. The SMILES string of the molecule is C#Cc1cccc(O)c1N.c1cc2cc-2c1. The molecule has 2 aliphatic rings. The van der Waals surface area contributed by atoms with Crippen LogP contribution in [0.25, 0.3) is 11.1 Å². The van der Waals surface area contributed by atoms with Gasteiger partial charge < -0.3 is 10.8 Å². The van der Waals surface area contributed by atoms with E-state index in [2.05, 4.69) is 30.2 Å². The van der Waals surface area contributed by atoms with E-state index in [1.54, 1.807) is 12.1 Å². The first-order valence-corrected chi connectivity index (χ1v) is 4.87. The van der Waals surface area contributed by atoms with Crippen LogP contribution in [0.1, 0.15) is 5.56 Å². The molecule has 0 spiro atoms. The zero-order chi connectivity index (χ0) is 11.5. The largest absolute Gasteiger partial charge is 0.506 e. The molecule has 3 rings (SSSR count). The van der Waals surface area contributed by atoms with E-state index >= 15 is 0 Å². The van der Waals surface area contributed by atoms with Gasteiger partial charge in [-0.25, -0.2) is 0 Å². The Balaban J connectivity index is 0.000000134. The number of phenols is 1. The lowest BCUT2D eigenvalue weighted by Gasteiger charge is -1.98. The quantitative estimate of drug-likeness (QED) is 0.339. The highest BCUT2D eigenvalue weighted by atomic mass is 16.3. The van der Waals surface area contributed by atoms with Crippen LogP contribution in [0.2, 0.25) is 0 Å². The van der Waals surface area contributed by atoms with E-state index in [1.165, 1.54) is 17.2 Å². The molecule has 0 amide bonds. The van der Waals surface area contributed by atoms with Gasteiger partial charge in [-0.05, 0) is 29.3 Å². The number of benzene rings is 2. The molecule has 78 valence electrons. The van der Waals surface area contributed by atoms with Crippen LogP contribution in [0.4, 0.5) is 5.69 Å². The maximum Gasteiger partial charge on any atom is 0.139 e. The summed E-state index contributed by atoms with van der Waals surface area (Å²) in [5.74, 6) is 2.39. The van der Waals surface area contributed by atoms with Gasteiger partial charge >= 0.3 is 0 Å². The highest BCUT2D eigenvalue weighted by Gasteiger charge is 2.06. The molecule has 0 aromatic heterocycles. The molecule has 0 unspecified atom stereocenters. The van der Waals surface area contributed by atoms with Crippen LogP contribution in [0, 0.1) is 12.3 Å². The molecule has 1 aromatic carbocycles. The molecule has 0 saturated heterocycles. The van der Waals surface area contributed by atoms with Gasteiger partial charge in [0.05, 0.1) is 11.3 Å². The van der Waals surface area contributed by atoms with E-state index < -0.39 is 0 Å². The lowest BCUT2D eigenvalue weighted by molar-refractivity contribution is 0.478. The van der Waals surface area contributed by atoms with Gasteiger partial charge in [-0.2, -0.15) is 0 Å². The summed E-state index contributed by atoms with van der Waals surface area (Å²) in [7, 11) is 0. The van der Waals surface area contributed by atoms with Crippen molar-refractivity contribution in [2.45, 2.75) is 0 Å². The van der Waals surface area contributed by atoms with Crippen LogP contribution in [-0.4, -0.2) is 5.11 Å². The van der Waals surface area contributed by atoms with E-state index in [-0.39, 0.29) is 11.4 Å². The van der Waals surface area contributed by atoms with Crippen LogP contribution in [0.3, 0.4) is 0 Å². The van der Waals surface area contributed by atoms with Crippen molar-refractivity contribution in [2.75, 3.05) is 5.73 Å². The normalized spacial score (nSPS) is 9.69. The second-order valence-electron chi connectivity index (χ2n) is 3.46.